The Hall–Kier alpha value is -3.60. The number of amides is 1. The van der Waals surface area contributed by atoms with Crippen molar-refractivity contribution in [1.82, 2.24) is 15.3 Å². The van der Waals surface area contributed by atoms with Gasteiger partial charge in [0.25, 0.3) is 5.91 Å². The van der Waals surface area contributed by atoms with Gasteiger partial charge in [-0.05, 0) is 24.3 Å². The first-order chi connectivity index (χ1) is 14.2. The van der Waals surface area contributed by atoms with E-state index < -0.39 is 27.4 Å². The molecule has 1 heterocycles. The van der Waals surface area contributed by atoms with Crippen molar-refractivity contribution < 1.29 is 22.0 Å². The van der Waals surface area contributed by atoms with Gasteiger partial charge in [-0.1, -0.05) is 12.1 Å². The molecule has 0 fully saturated rings. The van der Waals surface area contributed by atoms with E-state index in [4.69, 9.17) is 0 Å². The predicted octanol–water partition coefficient (Wildman–Crippen LogP) is 3.01. The lowest BCUT2D eigenvalue weighted by Gasteiger charge is -2.14. The van der Waals surface area contributed by atoms with E-state index in [9.17, 15) is 22.0 Å². The fourth-order valence-electron chi connectivity index (χ4n) is 2.56. The summed E-state index contributed by atoms with van der Waals surface area (Å²) in [7, 11) is -2.14. The second-order valence-electron chi connectivity index (χ2n) is 6.18. The van der Waals surface area contributed by atoms with Crippen LogP contribution in [0.4, 0.5) is 31.9 Å². The zero-order valence-electron chi connectivity index (χ0n) is 15.9. The van der Waals surface area contributed by atoms with Gasteiger partial charge in [-0.15, -0.1) is 0 Å². The van der Waals surface area contributed by atoms with E-state index in [1.54, 1.807) is 12.1 Å². The summed E-state index contributed by atoms with van der Waals surface area (Å²) in [6.07, 6.45) is 2.28. The first-order valence-corrected chi connectivity index (χ1v) is 10.5. The normalized spacial score (nSPS) is 11.1. The second kappa shape index (κ2) is 8.41. The van der Waals surface area contributed by atoms with Crippen LogP contribution in [0.15, 0.2) is 53.6 Å². The average molecular weight is 433 g/mol. The lowest BCUT2D eigenvalue weighted by Crippen LogP contribution is -2.20. The van der Waals surface area contributed by atoms with Crippen LogP contribution in [0.5, 0.6) is 0 Å². The number of nitrogens with one attached hydrogen (secondary N) is 3. The lowest BCUT2D eigenvalue weighted by molar-refractivity contribution is 0.0963. The Morgan fingerprint density at radius 3 is 2.43 bits per heavy atom. The van der Waals surface area contributed by atoms with Crippen LogP contribution in [0.1, 0.15) is 10.4 Å². The maximum Gasteiger partial charge on any atom is 0.256 e. The summed E-state index contributed by atoms with van der Waals surface area (Å²) in [5.74, 6) is -2.56. The standard InChI is InChI=1S/C19H17F2N5O3S/c1-22-18(27)12-10-23-19(24-11-7-8-13(20)14(21)9-11)26-17(12)25-15-5-3-4-6-16(15)30(2,28)29/h3-10H,1-2H3,(H,22,27)(H2,23,24,25,26). The summed E-state index contributed by atoms with van der Waals surface area (Å²) in [4.78, 5) is 20.4. The molecule has 0 atom stereocenters. The molecule has 3 aromatic rings. The van der Waals surface area contributed by atoms with Crippen molar-refractivity contribution in [1.29, 1.82) is 0 Å². The highest BCUT2D eigenvalue weighted by atomic mass is 32.2. The van der Waals surface area contributed by atoms with Crippen molar-refractivity contribution in [3.63, 3.8) is 0 Å². The molecule has 3 N–H and O–H groups in total. The van der Waals surface area contributed by atoms with Crippen molar-refractivity contribution >= 4 is 38.9 Å². The monoisotopic (exact) mass is 433 g/mol. The van der Waals surface area contributed by atoms with Gasteiger partial charge in [0.15, 0.2) is 21.5 Å². The van der Waals surface area contributed by atoms with Crippen LogP contribution in [0, 0.1) is 11.6 Å². The summed E-state index contributed by atoms with van der Waals surface area (Å²) in [5.41, 5.74) is 0.448. The molecule has 0 spiro atoms. The molecule has 30 heavy (non-hydrogen) atoms. The smallest absolute Gasteiger partial charge is 0.256 e. The highest BCUT2D eigenvalue weighted by Crippen LogP contribution is 2.27. The number of rotatable bonds is 6. The summed E-state index contributed by atoms with van der Waals surface area (Å²) in [5, 5.41) is 8.00. The van der Waals surface area contributed by atoms with Crippen LogP contribution < -0.4 is 16.0 Å². The quantitative estimate of drug-likeness (QED) is 0.548. The molecule has 1 aromatic heterocycles. The van der Waals surface area contributed by atoms with Crippen molar-refractivity contribution in [3.8, 4) is 0 Å². The summed E-state index contributed by atoms with van der Waals surface area (Å²) in [6.45, 7) is 0. The molecule has 3 rings (SSSR count). The molecule has 0 unspecified atom stereocenters. The van der Waals surface area contributed by atoms with Crippen LogP contribution in [0.3, 0.4) is 0 Å². The van der Waals surface area contributed by atoms with Gasteiger partial charge in [0, 0.05) is 31.3 Å². The maximum absolute atomic E-state index is 13.4. The molecular formula is C19H17F2N5O3S. The van der Waals surface area contributed by atoms with E-state index in [-0.39, 0.29) is 33.6 Å². The first-order valence-electron chi connectivity index (χ1n) is 8.56. The number of carbonyl (C=O) groups excluding carboxylic acids is 1. The average Bonchev–Trinajstić information content (AvgIpc) is 2.70. The molecule has 0 aliphatic heterocycles. The van der Waals surface area contributed by atoms with Crippen LogP contribution in [0.2, 0.25) is 0 Å². The molecule has 2 aromatic carbocycles. The van der Waals surface area contributed by atoms with Gasteiger partial charge in [-0.3, -0.25) is 4.79 Å². The third-order valence-corrected chi connectivity index (χ3v) is 5.13. The number of hydrogen-bond donors (Lipinski definition) is 3. The maximum atomic E-state index is 13.4. The number of para-hydroxylation sites is 1. The fraction of sp³-hybridized carbons (Fsp3) is 0.105. The molecule has 0 aliphatic carbocycles. The highest BCUT2D eigenvalue weighted by molar-refractivity contribution is 7.90. The summed E-state index contributed by atoms with van der Waals surface area (Å²) >= 11 is 0. The van der Waals surface area contributed by atoms with Gasteiger partial charge in [0.2, 0.25) is 5.95 Å². The van der Waals surface area contributed by atoms with Crippen molar-refractivity contribution in [3.05, 3.63) is 65.9 Å². The van der Waals surface area contributed by atoms with Gasteiger partial charge in [0.1, 0.15) is 11.4 Å². The number of hydrogen-bond acceptors (Lipinski definition) is 7. The molecule has 0 bridgehead atoms. The highest BCUT2D eigenvalue weighted by Gasteiger charge is 2.18. The van der Waals surface area contributed by atoms with Crippen molar-refractivity contribution in [2.75, 3.05) is 23.9 Å². The minimum absolute atomic E-state index is 0.0154. The SMILES string of the molecule is CNC(=O)c1cnc(Nc2ccc(F)c(F)c2)nc1Nc1ccccc1S(C)(=O)=O. The Morgan fingerprint density at radius 1 is 1.03 bits per heavy atom. The molecule has 0 aliphatic rings. The van der Waals surface area contributed by atoms with Gasteiger partial charge in [-0.25, -0.2) is 22.2 Å². The number of aromatic nitrogens is 2. The van der Waals surface area contributed by atoms with Crippen molar-refractivity contribution in [2.24, 2.45) is 0 Å². The number of halogens is 2. The zero-order valence-corrected chi connectivity index (χ0v) is 16.7. The predicted molar refractivity (Wildman–Crippen MR) is 108 cm³/mol. The van der Waals surface area contributed by atoms with E-state index in [1.807, 2.05) is 0 Å². The van der Waals surface area contributed by atoms with E-state index >= 15 is 0 Å². The molecule has 11 heteroatoms. The van der Waals surface area contributed by atoms with Crippen LogP contribution in [0.25, 0.3) is 0 Å². The summed E-state index contributed by atoms with van der Waals surface area (Å²) < 4.78 is 50.7. The Labute approximate surface area is 171 Å². The van der Waals surface area contributed by atoms with E-state index in [1.165, 1.54) is 31.4 Å². The number of sulfone groups is 1. The van der Waals surface area contributed by atoms with E-state index in [2.05, 4.69) is 25.9 Å². The largest absolute Gasteiger partial charge is 0.355 e. The van der Waals surface area contributed by atoms with Crippen LogP contribution >= 0.6 is 0 Å². The molecule has 0 radical (unpaired) electrons. The molecule has 0 saturated carbocycles. The lowest BCUT2D eigenvalue weighted by atomic mass is 10.2. The minimum Gasteiger partial charge on any atom is -0.355 e. The Morgan fingerprint density at radius 2 is 1.77 bits per heavy atom. The van der Waals surface area contributed by atoms with Gasteiger partial charge >= 0.3 is 0 Å². The molecule has 156 valence electrons. The number of anilines is 4. The van der Waals surface area contributed by atoms with Gasteiger partial charge in [0.05, 0.1) is 10.6 Å². The van der Waals surface area contributed by atoms with Crippen LogP contribution in [-0.4, -0.2) is 37.6 Å². The van der Waals surface area contributed by atoms with E-state index in [0.717, 1.165) is 18.4 Å². The molecule has 8 nitrogen and oxygen atoms in total. The molecule has 1 amide bonds. The summed E-state index contributed by atoms with van der Waals surface area (Å²) in [6, 6.07) is 9.29. The Kier molecular flexibility index (Phi) is 5.92. The third-order valence-electron chi connectivity index (χ3n) is 3.98. The molecule has 0 saturated heterocycles. The van der Waals surface area contributed by atoms with Gasteiger partial charge < -0.3 is 16.0 Å². The molecular weight excluding hydrogens is 416 g/mol. The Balaban J connectivity index is 2.02. The van der Waals surface area contributed by atoms with Crippen molar-refractivity contribution in [2.45, 2.75) is 4.90 Å². The minimum atomic E-state index is -3.56. The number of benzene rings is 2. The third kappa shape index (κ3) is 4.69. The van der Waals surface area contributed by atoms with Crippen LogP contribution in [-0.2, 0) is 9.84 Å². The zero-order chi connectivity index (χ0) is 21.9. The topological polar surface area (TPSA) is 113 Å². The second-order valence-corrected chi connectivity index (χ2v) is 8.17. The number of carbonyl (C=O) groups is 1. The fourth-order valence-corrected chi connectivity index (χ4v) is 3.41. The Bertz CT molecular complexity index is 1220. The number of nitrogens with zero attached hydrogens (tertiary/aromatic N) is 2. The van der Waals surface area contributed by atoms with Gasteiger partial charge in [-0.2, -0.15) is 4.98 Å². The first kappa shape index (κ1) is 21.1. The van der Waals surface area contributed by atoms with E-state index in [0.29, 0.717) is 0 Å².